The minimum absolute atomic E-state index is 0.119. The first-order valence-electron chi connectivity index (χ1n) is 3.31. The first-order valence-corrected chi connectivity index (χ1v) is 4.23. The van der Waals surface area contributed by atoms with Crippen molar-refractivity contribution < 1.29 is 13.2 Å². The van der Waals surface area contributed by atoms with Crippen LogP contribution in [-0.4, -0.2) is 0 Å². The van der Waals surface area contributed by atoms with Gasteiger partial charge in [-0.15, -0.1) is 0 Å². The summed E-state index contributed by atoms with van der Waals surface area (Å²) in [6, 6.07) is 2.12. The van der Waals surface area contributed by atoms with Crippen LogP contribution in [0.15, 0.2) is 12.1 Å². The molecule has 1 rings (SSSR count). The molecule has 0 radical (unpaired) electrons. The Kier molecular flexibility index (Phi) is 2.77. The van der Waals surface area contributed by atoms with Crippen molar-refractivity contribution in [3.05, 3.63) is 35.1 Å². The van der Waals surface area contributed by atoms with Crippen LogP contribution in [0.25, 0.3) is 0 Å². The summed E-state index contributed by atoms with van der Waals surface area (Å²) in [7, 11) is 0. The number of benzene rings is 1. The van der Waals surface area contributed by atoms with Crippen LogP contribution in [-0.2, 0) is 0 Å². The quantitative estimate of drug-likeness (QED) is 0.519. The first kappa shape index (κ1) is 9.58. The molecular weight excluding hydrogens is 233 g/mol. The normalized spacial score (nSPS) is 13.1. The molecule has 0 heterocycles. The summed E-state index contributed by atoms with van der Waals surface area (Å²) >= 11 is 3.06. The van der Waals surface area contributed by atoms with Crippen molar-refractivity contribution in [1.82, 2.24) is 0 Å². The van der Waals surface area contributed by atoms with Gasteiger partial charge in [-0.05, 0) is 13.0 Å². The van der Waals surface area contributed by atoms with E-state index in [-0.39, 0.29) is 10.4 Å². The van der Waals surface area contributed by atoms with Crippen LogP contribution >= 0.6 is 15.9 Å². The Balaban J connectivity index is 3.27. The first-order chi connectivity index (χ1) is 5.54. The lowest BCUT2D eigenvalue weighted by Gasteiger charge is -2.05. The summed E-state index contributed by atoms with van der Waals surface area (Å²) in [6.07, 6.45) is 0. The van der Waals surface area contributed by atoms with E-state index in [1.807, 2.05) is 0 Å². The number of rotatable bonds is 1. The minimum atomic E-state index is -1.42. The fraction of sp³-hybridized carbons (Fsp3) is 0.250. The zero-order chi connectivity index (χ0) is 9.30. The molecule has 0 amide bonds. The Morgan fingerprint density at radius 3 is 2.25 bits per heavy atom. The number of hydrogen-bond donors (Lipinski definition) is 0. The van der Waals surface area contributed by atoms with Gasteiger partial charge in [0.1, 0.15) is 0 Å². The molecule has 0 bridgehead atoms. The van der Waals surface area contributed by atoms with Crippen molar-refractivity contribution in [3.63, 3.8) is 0 Å². The summed E-state index contributed by atoms with van der Waals surface area (Å²) in [5.41, 5.74) is 0.119. The molecular formula is C8H6BrF3. The average Bonchev–Trinajstić information content (AvgIpc) is 2.00. The Morgan fingerprint density at radius 2 is 1.75 bits per heavy atom. The van der Waals surface area contributed by atoms with Crippen LogP contribution in [0.4, 0.5) is 13.2 Å². The van der Waals surface area contributed by atoms with E-state index in [1.165, 1.54) is 6.07 Å². The van der Waals surface area contributed by atoms with Gasteiger partial charge in [-0.25, -0.2) is 13.2 Å². The third-order valence-corrected chi connectivity index (χ3v) is 1.99. The Morgan fingerprint density at radius 1 is 1.17 bits per heavy atom. The molecule has 1 aromatic carbocycles. The van der Waals surface area contributed by atoms with Crippen molar-refractivity contribution in [2.45, 2.75) is 11.8 Å². The van der Waals surface area contributed by atoms with Crippen molar-refractivity contribution in [2.24, 2.45) is 0 Å². The molecule has 1 atom stereocenters. The highest BCUT2D eigenvalue weighted by molar-refractivity contribution is 9.09. The molecule has 0 fully saturated rings. The van der Waals surface area contributed by atoms with Crippen LogP contribution < -0.4 is 0 Å². The molecule has 0 aliphatic carbocycles. The van der Waals surface area contributed by atoms with E-state index >= 15 is 0 Å². The highest BCUT2D eigenvalue weighted by atomic mass is 79.9. The maximum atomic E-state index is 12.9. The number of alkyl halides is 1. The van der Waals surface area contributed by atoms with Gasteiger partial charge in [-0.3, -0.25) is 0 Å². The standard InChI is InChI=1S/C8H6BrF3/c1-4(9)5-2-3-6(10)8(12)7(5)11/h2-4H,1H3/t4-/m0/s1. The van der Waals surface area contributed by atoms with Crippen molar-refractivity contribution in [3.8, 4) is 0 Å². The number of hydrogen-bond acceptors (Lipinski definition) is 0. The van der Waals surface area contributed by atoms with Gasteiger partial charge in [-0.1, -0.05) is 22.0 Å². The van der Waals surface area contributed by atoms with E-state index < -0.39 is 17.5 Å². The lowest BCUT2D eigenvalue weighted by atomic mass is 10.1. The predicted molar refractivity (Wildman–Crippen MR) is 43.7 cm³/mol. The maximum Gasteiger partial charge on any atom is 0.194 e. The largest absolute Gasteiger partial charge is 0.204 e. The van der Waals surface area contributed by atoms with Gasteiger partial charge in [0.2, 0.25) is 0 Å². The molecule has 12 heavy (non-hydrogen) atoms. The summed E-state index contributed by atoms with van der Waals surface area (Å²) in [5, 5.41) is 0. The van der Waals surface area contributed by atoms with Gasteiger partial charge in [0.15, 0.2) is 17.5 Å². The molecule has 0 spiro atoms. The van der Waals surface area contributed by atoms with E-state index in [0.717, 1.165) is 6.07 Å². The molecule has 0 aliphatic heterocycles. The highest BCUT2D eigenvalue weighted by Crippen LogP contribution is 2.26. The molecule has 66 valence electrons. The summed E-state index contributed by atoms with van der Waals surface area (Å²) in [6.45, 7) is 1.63. The van der Waals surface area contributed by atoms with E-state index in [1.54, 1.807) is 6.92 Å². The third kappa shape index (κ3) is 1.63. The fourth-order valence-electron chi connectivity index (χ4n) is 0.848. The van der Waals surface area contributed by atoms with Crippen molar-refractivity contribution in [1.29, 1.82) is 0 Å². The van der Waals surface area contributed by atoms with E-state index in [0.29, 0.717) is 0 Å². The van der Waals surface area contributed by atoms with Crippen molar-refractivity contribution >= 4 is 15.9 Å². The van der Waals surface area contributed by atoms with E-state index in [9.17, 15) is 13.2 Å². The molecule has 0 aliphatic rings. The van der Waals surface area contributed by atoms with Gasteiger partial charge >= 0.3 is 0 Å². The molecule has 0 nitrogen and oxygen atoms in total. The fourth-order valence-corrected chi connectivity index (χ4v) is 1.20. The minimum Gasteiger partial charge on any atom is -0.204 e. The average molecular weight is 239 g/mol. The lowest BCUT2D eigenvalue weighted by molar-refractivity contribution is 0.441. The van der Waals surface area contributed by atoms with Gasteiger partial charge < -0.3 is 0 Å². The highest BCUT2D eigenvalue weighted by Gasteiger charge is 2.15. The van der Waals surface area contributed by atoms with Crippen LogP contribution in [0, 0.1) is 17.5 Å². The molecule has 0 N–H and O–H groups in total. The Hall–Kier alpha value is -0.510. The third-order valence-electron chi connectivity index (χ3n) is 1.49. The number of halogens is 4. The SMILES string of the molecule is C[C@H](Br)c1ccc(F)c(F)c1F. The molecule has 0 unspecified atom stereocenters. The van der Waals surface area contributed by atoms with Crippen LogP contribution in [0.1, 0.15) is 17.3 Å². The molecule has 0 saturated carbocycles. The predicted octanol–water partition coefficient (Wildman–Crippen LogP) is 3.56. The molecule has 4 heteroatoms. The van der Waals surface area contributed by atoms with E-state index in [2.05, 4.69) is 15.9 Å². The Bertz CT molecular complexity index is 297. The van der Waals surface area contributed by atoms with Gasteiger partial charge in [-0.2, -0.15) is 0 Å². The van der Waals surface area contributed by atoms with E-state index in [4.69, 9.17) is 0 Å². The van der Waals surface area contributed by atoms with Gasteiger partial charge in [0.25, 0.3) is 0 Å². The van der Waals surface area contributed by atoms with Gasteiger partial charge in [0.05, 0.1) is 0 Å². The lowest BCUT2D eigenvalue weighted by Crippen LogP contribution is -1.97. The second-order valence-corrected chi connectivity index (χ2v) is 3.75. The van der Waals surface area contributed by atoms with Crippen LogP contribution in [0.5, 0.6) is 0 Å². The molecule has 0 saturated heterocycles. The smallest absolute Gasteiger partial charge is 0.194 e. The van der Waals surface area contributed by atoms with Crippen LogP contribution in [0.3, 0.4) is 0 Å². The summed E-state index contributed by atoms with van der Waals surface area (Å²) < 4.78 is 37.8. The second kappa shape index (κ2) is 3.47. The monoisotopic (exact) mass is 238 g/mol. The van der Waals surface area contributed by atoms with Crippen LogP contribution in [0.2, 0.25) is 0 Å². The zero-order valence-corrected chi connectivity index (χ0v) is 7.83. The molecule has 0 aromatic heterocycles. The second-order valence-electron chi connectivity index (χ2n) is 2.38. The molecule has 1 aromatic rings. The Labute approximate surface area is 76.5 Å². The topological polar surface area (TPSA) is 0 Å². The summed E-state index contributed by atoms with van der Waals surface area (Å²) in [5.74, 6) is -3.71. The zero-order valence-electron chi connectivity index (χ0n) is 6.24. The summed E-state index contributed by atoms with van der Waals surface area (Å²) in [4.78, 5) is -0.326. The maximum absolute atomic E-state index is 12.9. The van der Waals surface area contributed by atoms with Crippen molar-refractivity contribution in [2.75, 3.05) is 0 Å². The van der Waals surface area contributed by atoms with Gasteiger partial charge in [0, 0.05) is 10.4 Å².